The molecular weight excluding hydrogens is 312 g/mol. The van der Waals surface area contributed by atoms with Crippen molar-refractivity contribution in [3.05, 3.63) is 54.0 Å². The van der Waals surface area contributed by atoms with Crippen molar-refractivity contribution in [1.82, 2.24) is 15.2 Å². The van der Waals surface area contributed by atoms with Gasteiger partial charge in [-0.05, 0) is 55.3 Å². The molecule has 2 heterocycles. The number of fused-ring (bicyclic) bond motifs is 1. The van der Waals surface area contributed by atoms with Crippen molar-refractivity contribution in [3.8, 4) is 0 Å². The lowest BCUT2D eigenvalue weighted by molar-refractivity contribution is 1.12. The van der Waals surface area contributed by atoms with Crippen LogP contribution in [0.4, 0.5) is 11.4 Å². The second-order valence-electron chi connectivity index (χ2n) is 5.69. The number of aryl methyl sites for hydroxylation is 1. The van der Waals surface area contributed by atoms with E-state index in [0.717, 1.165) is 39.1 Å². The Kier molecular flexibility index (Phi) is 4.99. The number of hydrogen-bond acceptors (Lipinski definition) is 4. The van der Waals surface area contributed by atoms with Gasteiger partial charge in [-0.2, -0.15) is 5.10 Å². The molecule has 0 atom stereocenters. The Hall–Kier alpha value is -3.28. The Balaban J connectivity index is 1.72. The van der Waals surface area contributed by atoms with Crippen molar-refractivity contribution < 1.29 is 0 Å². The first-order valence-electron chi connectivity index (χ1n) is 7.95. The molecule has 0 spiro atoms. The summed E-state index contributed by atoms with van der Waals surface area (Å²) in [6, 6.07) is 8.01. The van der Waals surface area contributed by atoms with E-state index in [1.54, 1.807) is 32.0 Å². The number of nitrogens with one attached hydrogen (secondary N) is 2. The van der Waals surface area contributed by atoms with Crippen molar-refractivity contribution in [1.29, 1.82) is 0 Å². The average molecular weight is 332 g/mol. The molecule has 0 radical (unpaired) electrons. The molecule has 0 aliphatic carbocycles. The van der Waals surface area contributed by atoms with Crippen molar-refractivity contribution in [3.63, 3.8) is 0 Å². The molecule has 3 rings (SSSR count). The lowest BCUT2D eigenvalue weighted by atomic mass is 10.1. The molecule has 2 aromatic heterocycles. The summed E-state index contributed by atoms with van der Waals surface area (Å²) < 4.78 is 0. The fraction of sp³-hybridized carbons (Fsp3) is 0.158. The zero-order valence-corrected chi connectivity index (χ0v) is 14.5. The highest BCUT2D eigenvalue weighted by molar-refractivity contribution is 5.86. The van der Waals surface area contributed by atoms with Gasteiger partial charge in [0.1, 0.15) is 0 Å². The predicted molar refractivity (Wildman–Crippen MR) is 105 cm³/mol. The molecular formula is C19H20N6. The maximum Gasteiger partial charge on any atom is 0.0931 e. The Morgan fingerprint density at radius 3 is 2.92 bits per heavy atom. The summed E-state index contributed by atoms with van der Waals surface area (Å²) in [4.78, 5) is 12.9. The average Bonchev–Trinajstić information content (AvgIpc) is 3.08. The van der Waals surface area contributed by atoms with Gasteiger partial charge in [0, 0.05) is 24.3 Å². The molecule has 6 nitrogen and oxygen atoms in total. The standard InChI is InChI=1S/C19H20N6/c1-13(6-7-20-3)17-8-14(2)19(11-21-17)23-12-22-16-5-4-15-10-24-25-18(15)9-16/h4-12H,1-3H3,(H,22,23)(H,24,25)/b13-6+,20-7?. The number of anilines is 1. The van der Waals surface area contributed by atoms with Crippen LogP contribution in [0, 0.1) is 6.92 Å². The number of H-pyrrole nitrogens is 1. The first kappa shape index (κ1) is 16.6. The second kappa shape index (κ2) is 7.53. The van der Waals surface area contributed by atoms with E-state index < -0.39 is 0 Å². The molecule has 0 fully saturated rings. The smallest absolute Gasteiger partial charge is 0.0931 e. The predicted octanol–water partition coefficient (Wildman–Crippen LogP) is 4.14. The van der Waals surface area contributed by atoms with Gasteiger partial charge in [0.05, 0.1) is 35.6 Å². The van der Waals surface area contributed by atoms with Crippen LogP contribution in [0.25, 0.3) is 16.5 Å². The number of hydrogen-bond donors (Lipinski definition) is 2. The van der Waals surface area contributed by atoms with Gasteiger partial charge in [-0.25, -0.2) is 4.99 Å². The molecule has 126 valence electrons. The topological polar surface area (TPSA) is 78.3 Å². The summed E-state index contributed by atoms with van der Waals surface area (Å²) in [7, 11) is 1.75. The summed E-state index contributed by atoms with van der Waals surface area (Å²) >= 11 is 0. The van der Waals surface area contributed by atoms with Crippen LogP contribution >= 0.6 is 0 Å². The third-order valence-corrected chi connectivity index (χ3v) is 3.84. The van der Waals surface area contributed by atoms with E-state index in [2.05, 4.69) is 30.5 Å². The van der Waals surface area contributed by atoms with Crippen LogP contribution in [-0.4, -0.2) is 34.8 Å². The molecule has 1 aromatic carbocycles. The van der Waals surface area contributed by atoms with Crippen LogP contribution in [0.5, 0.6) is 0 Å². The van der Waals surface area contributed by atoms with Gasteiger partial charge >= 0.3 is 0 Å². The van der Waals surface area contributed by atoms with Gasteiger partial charge in [-0.3, -0.25) is 15.1 Å². The SMILES string of the molecule is CN=C/C=C(\C)c1cc(C)c(N=CNc2ccc3cn[nH]c3c2)cn1. The van der Waals surface area contributed by atoms with Crippen LogP contribution in [0.1, 0.15) is 18.2 Å². The molecule has 0 aliphatic heterocycles. The van der Waals surface area contributed by atoms with E-state index in [1.165, 1.54) is 0 Å². The van der Waals surface area contributed by atoms with E-state index in [0.29, 0.717) is 0 Å². The minimum absolute atomic E-state index is 0.829. The third kappa shape index (κ3) is 3.98. The minimum atomic E-state index is 0.829. The normalized spacial score (nSPS) is 12.5. The van der Waals surface area contributed by atoms with Crippen LogP contribution in [-0.2, 0) is 0 Å². The van der Waals surface area contributed by atoms with Crippen molar-refractivity contribution in [2.45, 2.75) is 13.8 Å². The van der Waals surface area contributed by atoms with E-state index >= 15 is 0 Å². The summed E-state index contributed by atoms with van der Waals surface area (Å²) in [6.45, 7) is 4.04. The van der Waals surface area contributed by atoms with E-state index in [1.807, 2.05) is 44.2 Å². The first-order chi connectivity index (χ1) is 12.2. The lowest BCUT2D eigenvalue weighted by Crippen LogP contribution is -1.95. The molecule has 3 aromatic rings. The van der Waals surface area contributed by atoms with Crippen LogP contribution in [0.2, 0.25) is 0 Å². The fourth-order valence-electron chi connectivity index (χ4n) is 2.37. The molecule has 0 saturated heterocycles. The fourth-order valence-corrected chi connectivity index (χ4v) is 2.37. The molecule has 0 bridgehead atoms. The number of nitrogens with zero attached hydrogens (tertiary/aromatic N) is 4. The maximum absolute atomic E-state index is 4.47. The molecule has 2 N–H and O–H groups in total. The zero-order valence-electron chi connectivity index (χ0n) is 14.5. The number of aliphatic imine (C=N–C) groups is 2. The molecule has 0 aliphatic rings. The summed E-state index contributed by atoms with van der Waals surface area (Å²) in [5, 5.41) is 11.2. The number of allylic oxidation sites excluding steroid dienone is 2. The highest BCUT2D eigenvalue weighted by Gasteiger charge is 2.02. The number of rotatable bonds is 5. The van der Waals surface area contributed by atoms with Crippen LogP contribution < -0.4 is 5.32 Å². The molecule has 0 saturated carbocycles. The van der Waals surface area contributed by atoms with Crippen molar-refractivity contribution >= 4 is 40.4 Å². The number of aromatic nitrogens is 3. The van der Waals surface area contributed by atoms with Crippen LogP contribution in [0.3, 0.4) is 0 Å². The number of aromatic amines is 1. The van der Waals surface area contributed by atoms with Crippen molar-refractivity contribution in [2.75, 3.05) is 12.4 Å². The molecule has 25 heavy (non-hydrogen) atoms. The second-order valence-corrected chi connectivity index (χ2v) is 5.69. The summed E-state index contributed by atoms with van der Waals surface area (Å²) in [5.41, 5.74) is 5.81. The molecule has 0 amide bonds. The minimum Gasteiger partial charge on any atom is -0.346 e. The van der Waals surface area contributed by atoms with Gasteiger partial charge in [0.2, 0.25) is 0 Å². The summed E-state index contributed by atoms with van der Waals surface area (Å²) in [5.74, 6) is 0. The van der Waals surface area contributed by atoms with Gasteiger partial charge in [0.25, 0.3) is 0 Å². The van der Waals surface area contributed by atoms with Gasteiger partial charge in [-0.15, -0.1) is 0 Å². The quantitative estimate of drug-likeness (QED) is 0.544. The largest absolute Gasteiger partial charge is 0.346 e. The molecule has 0 unspecified atom stereocenters. The van der Waals surface area contributed by atoms with Gasteiger partial charge in [-0.1, -0.05) is 0 Å². The summed E-state index contributed by atoms with van der Waals surface area (Å²) in [6.07, 6.45) is 8.96. The van der Waals surface area contributed by atoms with Crippen molar-refractivity contribution in [2.24, 2.45) is 9.98 Å². The Labute approximate surface area is 146 Å². The van der Waals surface area contributed by atoms with Crippen LogP contribution in [0.15, 0.2) is 52.7 Å². The van der Waals surface area contributed by atoms with Gasteiger partial charge < -0.3 is 5.32 Å². The molecule has 6 heteroatoms. The highest BCUT2D eigenvalue weighted by atomic mass is 15.1. The number of pyridine rings is 1. The lowest BCUT2D eigenvalue weighted by Gasteiger charge is -2.05. The number of benzene rings is 1. The Bertz CT molecular complexity index is 965. The Morgan fingerprint density at radius 1 is 1.24 bits per heavy atom. The Morgan fingerprint density at radius 2 is 2.12 bits per heavy atom. The van der Waals surface area contributed by atoms with Gasteiger partial charge in [0.15, 0.2) is 0 Å². The maximum atomic E-state index is 4.47. The van der Waals surface area contributed by atoms with E-state index in [4.69, 9.17) is 0 Å². The van der Waals surface area contributed by atoms with E-state index in [-0.39, 0.29) is 0 Å². The monoisotopic (exact) mass is 332 g/mol. The van der Waals surface area contributed by atoms with E-state index in [9.17, 15) is 0 Å². The highest BCUT2D eigenvalue weighted by Crippen LogP contribution is 2.21. The third-order valence-electron chi connectivity index (χ3n) is 3.84. The zero-order chi connectivity index (χ0) is 17.6. The first-order valence-corrected chi connectivity index (χ1v) is 7.95.